The van der Waals surface area contributed by atoms with Crippen molar-refractivity contribution in [2.45, 2.75) is 19.9 Å². The minimum Gasteiger partial charge on any atom is -0.356 e. The van der Waals surface area contributed by atoms with Crippen LogP contribution in [0.5, 0.6) is 0 Å². The van der Waals surface area contributed by atoms with E-state index in [1.165, 1.54) is 6.20 Å². The second kappa shape index (κ2) is 8.16. The molecule has 1 N–H and O–H groups in total. The Morgan fingerprint density at radius 3 is 2.61 bits per heavy atom. The maximum absolute atomic E-state index is 13.5. The average Bonchev–Trinajstić information content (AvgIpc) is 2.74. The van der Waals surface area contributed by atoms with Gasteiger partial charge in [0.2, 0.25) is 5.82 Å². The molecule has 1 atom stereocenters. The van der Waals surface area contributed by atoms with Crippen LogP contribution in [0.4, 0.5) is 11.5 Å². The van der Waals surface area contributed by atoms with E-state index in [9.17, 15) is 14.9 Å². The molecule has 2 heterocycles. The Morgan fingerprint density at radius 1 is 1.16 bits per heavy atom. The molecule has 0 fully saturated rings. The number of nitrogens with zero attached hydrogens (tertiary/aromatic N) is 4. The lowest BCUT2D eigenvalue weighted by atomic mass is 10.1. The van der Waals surface area contributed by atoms with Gasteiger partial charge in [-0.05, 0) is 43.5 Å². The fourth-order valence-electron chi connectivity index (χ4n) is 3.48. The Bertz CT molecular complexity index is 1350. The molecule has 0 aliphatic carbocycles. The first-order valence-corrected chi connectivity index (χ1v) is 9.89. The van der Waals surface area contributed by atoms with Crippen molar-refractivity contribution in [3.63, 3.8) is 0 Å². The molecule has 2 aromatic carbocycles. The summed E-state index contributed by atoms with van der Waals surface area (Å²) in [7, 11) is 0. The summed E-state index contributed by atoms with van der Waals surface area (Å²) in [5.74, 6) is 0.481. The Morgan fingerprint density at radius 2 is 1.90 bits per heavy atom. The Balaban J connectivity index is 1.92. The molecule has 4 rings (SSSR count). The van der Waals surface area contributed by atoms with Crippen LogP contribution >= 0.6 is 11.6 Å². The highest BCUT2D eigenvalue weighted by Crippen LogP contribution is 2.29. The van der Waals surface area contributed by atoms with Gasteiger partial charge in [-0.15, -0.1) is 0 Å². The number of nitrogens with one attached hydrogen (secondary N) is 1. The smallest absolute Gasteiger partial charge is 0.329 e. The third-order valence-corrected chi connectivity index (χ3v) is 5.24. The minimum absolute atomic E-state index is 0.0863. The molecule has 8 nitrogen and oxygen atoms in total. The number of aryl methyl sites for hydroxylation is 1. The Kier molecular flexibility index (Phi) is 5.39. The van der Waals surface area contributed by atoms with E-state index in [0.717, 1.165) is 0 Å². The van der Waals surface area contributed by atoms with Gasteiger partial charge in [0, 0.05) is 11.4 Å². The molecule has 156 valence electrons. The van der Waals surface area contributed by atoms with E-state index >= 15 is 0 Å². The van der Waals surface area contributed by atoms with Gasteiger partial charge in [0.1, 0.15) is 12.0 Å². The van der Waals surface area contributed by atoms with Crippen LogP contribution in [-0.2, 0) is 0 Å². The van der Waals surface area contributed by atoms with Crippen molar-refractivity contribution >= 4 is 33.9 Å². The zero-order valence-electron chi connectivity index (χ0n) is 16.7. The third kappa shape index (κ3) is 3.85. The van der Waals surface area contributed by atoms with Gasteiger partial charge in [0.15, 0.2) is 0 Å². The second-order valence-corrected chi connectivity index (χ2v) is 7.43. The minimum atomic E-state index is -0.543. The number of halogens is 1. The Hall–Kier alpha value is -3.78. The topological polar surface area (TPSA) is 103 Å². The van der Waals surface area contributed by atoms with E-state index < -0.39 is 11.0 Å². The van der Waals surface area contributed by atoms with Crippen LogP contribution in [0.25, 0.3) is 16.5 Å². The van der Waals surface area contributed by atoms with Crippen molar-refractivity contribution in [3.05, 3.63) is 97.8 Å². The lowest BCUT2D eigenvalue weighted by molar-refractivity contribution is -0.384. The van der Waals surface area contributed by atoms with E-state index in [1.807, 2.05) is 49.4 Å². The number of hydrogen-bond donors (Lipinski definition) is 1. The standard InChI is InChI=1S/C22H18ClN5O3/c1-13(25-21-19(28(30)31)12-24-14(2)26-21)18-11-15-7-6-10-17(23)20(15)22(29)27(18)16-8-4-3-5-9-16/h3-13H,1-2H3,(H,24,25,26)/t13-/m0/s1. The van der Waals surface area contributed by atoms with Gasteiger partial charge in [0.25, 0.3) is 5.56 Å². The normalized spacial score (nSPS) is 12.0. The second-order valence-electron chi connectivity index (χ2n) is 7.02. The molecular formula is C22H18ClN5O3. The molecule has 0 spiro atoms. The van der Waals surface area contributed by atoms with Gasteiger partial charge >= 0.3 is 5.69 Å². The number of hydrogen-bond acceptors (Lipinski definition) is 6. The maximum atomic E-state index is 13.5. The first-order valence-electron chi connectivity index (χ1n) is 9.51. The molecule has 0 radical (unpaired) electrons. The molecule has 0 saturated carbocycles. The molecular weight excluding hydrogens is 418 g/mol. The molecule has 4 aromatic rings. The number of anilines is 1. The number of benzene rings is 2. The number of pyridine rings is 1. The van der Waals surface area contributed by atoms with Crippen molar-refractivity contribution in [2.75, 3.05) is 5.32 Å². The summed E-state index contributed by atoms with van der Waals surface area (Å²) >= 11 is 6.34. The molecule has 0 bridgehead atoms. The van der Waals surface area contributed by atoms with Crippen molar-refractivity contribution in [1.82, 2.24) is 14.5 Å². The molecule has 2 aromatic heterocycles. The van der Waals surface area contributed by atoms with E-state index in [4.69, 9.17) is 11.6 Å². The van der Waals surface area contributed by atoms with E-state index in [0.29, 0.717) is 33.0 Å². The van der Waals surface area contributed by atoms with Gasteiger partial charge in [-0.2, -0.15) is 0 Å². The molecule has 0 aliphatic heterocycles. The summed E-state index contributed by atoms with van der Waals surface area (Å²) in [5, 5.41) is 16.0. The van der Waals surface area contributed by atoms with Gasteiger partial charge in [-0.3, -0.25) is 19.5 Å². The largest absolute Gasteiger partial charge is 0.356 e. The van der Waals surface area contributed by atoms with Crippen molar-refractivity contribution < 1.29 is 4.92 Å². The molecule has 0 amide bonds. The monoisotopic (exact) mass is 435 g/mol. The molecule has 9 heteroatoms. The van der Waals surface area contributed by atoms with Gasteiger partial charge in [-0.25, -0.2) is 9.97 Å². The summed E-state index contributed by atoms with van der Waals surface area (Å²) in [5.41, 5.74) is 0.754. The van der Waals surface area contributed by atoms with Crippen LogP contribution in [0.2, 0.25) is 5.02 Å². The Labute approximate surface area is 182 Å². The van der Waals surface area contributed by atoms with Gasteiger partial charge < -0.3 is 5.32 Å². The summed E-state index contributed by atoms with van der Waals surface area (Å²) in [6, 6.07) is 15.8. The lowest BCUT2D eigenvalue weighted by Gasteiger charge is -2.21. The highest BCUT2D eigenvalue weighted by atomic mass is 35.5. The summed E-state index contributed by atoms with van der Waals surface area (Å²) in [4.78, 5) is 32.4. The fraction of sp³-hybridized carbons (Fsp3) is 0.136. The summed E-state index contributed by atoms with van der Waals surface area (Å²) in [6.07, 6.45) is 1.17. The number of para-hydroxylation sites is 1. The number of rotatable bonds is 5. The van der Waals surface area contributed by atoms with Crippen LogP contribution in [0.15, 0.2) is 65.6 Å². The molecule has 31 heavy (non-hydrogen) atoms. The highest BCUT2D eigenvalue weighted by molar-refractivity contribution is 6.35. The predicted molar refractivity (Wildman–Crippen MR) is 120 cm³/mol. The van der Waals surface area contributed by atoms with Gasteiger partial charge in [0.05, 0.1) is 21.4 Å². The average molecular weight is 436 g/mol. The highest BCUT2D eigenvalue weighted by Gasteiger charge is 2.22. The van der Waals surface area contributed by atoms with E-state index in [-0.39, 0.29) is 17.1 Å². The van der Waals surface area contributed by atoms with Crippen molar-refractivity contribution in [1.29, 1.82) is 0 Å². The van der Waals surface area contributed by atoms with Crippen LogP contribution in [-0.4, -0.2) is 19.5 Å². The molecule has 0 saturated heterocycles. The fourth-order valence-corrected chi connectivity index (χ4v) is 3.75. The summed E-state index contributed by atoms with van der Waals surface area (Å²) in [6.45, 7) is 3.46. The zero-order valence-corrected chi connectivity index (χ0v) is 17.5. The lowest BCUT2D eigenvalue weighted by Crippen LogP contribution is -2.26. The zero-order chi connectivity index (χ0) is 22.1. The first-order chi connectivity index (χ1) is 14.9. The van der Waals surface area contributed by atoms with Crippen molar-refractivity contribution in [2.24, 2.45) is 0 Å². The van der Waals surface area contributed by atoms with E-state index in [2.05, 4.69) is 15.3 Å². The predicted octanol–water partition coefficient (Wildman–Crippen LogP) is 4.82. The molecule has 0 unspecified atom stereocenters. The van der Waals surface area contributed by atoms with E-state index in [1.54, 1.807) is 23.6 Å². The number of fused-ring (bicyclic) bond motifs is 1. The maximum Gasteiger partial charge on any atom is 0.329 e. The van der Waals surface area contributed by atoms with Gasteiger partial charge in [-0.1, -0.05) is 41.9 Å². The number of aromatic nitrogens is 3. The van der Waals surface area contributed by atoms with Crippen LogP contribution < -0.4 is 10.9 Å². The van der Waals surface area contributed by atoms with Crippen LogP contribution in [0.3, 0.4) is 0 Å². The summed E-state index contributed by atoms with van der Waals surface area (Å²) < 4.78 is 1.56. The van der Waals surface area contributed by atoms with Crippen LogP contribution in [0, 0.1) is 17.0 Å². The molecule has 0 aliphatic rings. The quantitative estimate of drug-likeness (QED) is 0.356. The van der Waals surface area contributed by atoms with Crippen LogP contribution in [0.1, 0.15) is 24.5 Å². The third-order valence-electron chi connectivity index (χ3n) is 4.92. The van der Waals surface area contributed by atoms with Crippen molar-refractivity contribution in [3.8, 4) is 5.69 Å². The SMILES string of the molecule is Cc1ncc([N+](=O)[O-])c(N[C@@H](C)c2cc3cccc(Cl)c3c(=O)n2-c2ccccc2)n1. The first kappa shape index (κ1) is 20.5. The number of nitro groups is 1.